The van der Waals surface area contributed by atoms with Gasteiger partial charge >= 0.3 is 0 Å². The molecular weight excluding hydrogens is 328 g/mol. The van der Waals surface area contributed by atoms with Gasteiger partial charge in [0.25, 0.3) is 0 Å². The van der Waals surface area contributed by atoms with Gasteiger partial charge in [-0.05, 0) is 24.1 Å². The lowest BCUT2D eigenvalue weighted by Crippen LogP contribution is -2.39. The number of aromatic nitrogens is 1. The second kappa shape index (κ2) is 7.74. The van der Waals surface area contributed by atoms with Crippen molar-refractivity contribution >= 4 is 5.91 Å². The molecule has 1 heterocycles. The number of carbonyl (C=O) groups is 1. The quantitative estimate of drug-likeness (QED) is 0.832. The fraction of sp³-hybridized carbons (Fsp3) is 0.444. The van der Waals surface area contributed by atoms with E-state index in [1.807, 2.05) is 13.8 Å². The average molecular weight is 351 g/mol. The molecule has 0 bridgehead atoms. The van der Waals surface area contributed by atoms with E-state index < -0.39 is 11.6 Å². The molecule has 0 aliphatic rings. The van der Waals surface area contributed by atoms with Gasteiger partial charge in [-0.1, -0.05) is 13.8 Å². The minimum absolute atomic E-state index is 0.0470. The predicted octanol–water partition coefficient (Wildman–Crippen LogP) is 3.00. The van der Waals surface area contributed by atoms with Crippen molar-refractivity contribution in [3.63, 3.8) is 0 Å². The van der Waals surface area contributed by atoms with Gasteiger partial charge in [-0.15, -0.1) is 0 Å². The number of rotatable bonds is 7. The Morgan fingerprint density at radius 2 is 2.08 bits per heavy atom. The number of halogens is 2. The number of nitrogens with two attached hydrogens (primary N) is 1. The minimum Gasteiger partial charge on any atom is -0.441 e. The molecule has 0 atom stereocenters. The molecule has 0 fully saturated rings. The van der Waals surface area contributed by atoms with Crippen LogP contribution in [0.5, 0.6) is 0 Å². The normalized spacial score (nSPS) is 11.6. The van der Waals surface area contributed by atoms with Gasteiger partial charge in [0.2, 0.25) is 5.91 Å². The summed E-state index contributed by atoms with van der Waals surface area (Å²) in [5.74, 6) is -0.886. The maximum absolute atomic E-state index is 13.8. The van der Waals surface area contributed by atoms with E-state index in [2.05, 4.69) is 4.98 Å². The van der Waals surface area contributed by atoms with Gasteiger partial charge in [0.05, 0.1) is 11.8 Å². The third-order valence-corrected chi connectivity index (χ3v) is 3.95. The third-order valence-electron chi connectivity index (χ3n) is 3.95. The van der Waals surface area contributed by atoms with Crippen LogP contribution in [0.25, 0.3) is 11.3 Å². The SMILES string of the molecule is CN(CC(C)(C)CN)C(=O)CCc1ncc(-c2ccc(F)cc2F)o1. The van der Waals surface area contributed by atoms with Gasteiger partial charge in [0.15, 0.2) is 11.7 Å². The van der Waals surface area contributed by atoms with Crippen molar-refractivity contribution in [1.82, 2.24) is 9.88 Å². The van der Waals surface area contributed by atoms with Gasteiger partial charge in [-0.25, -0.2) is 13.8 Å². The van der Waals surface area contributed by atoms with E-state index in [0.29, 0.717) is 25.4 Å². The fourth-order valence-electron chi connectivity index (χ4n) is 2.44. The number of carbonyl (C=O) groups excluding carboxylic acids is 1. The maximum atomic E-state index is 13.8. The third kappa shape index (κ3) is 5.09. The molecule has 2 rings (SSSR count). The van der Waals surface area contributed by atoms with Crippen LogP contribution in [0, 0.1) is 17.0 Å². The van der Waals surface area contributed by atoms with Crippen LogP contribution in [0.2, 0.25) is 0 Å². The Morgan fingerprint density at radius 3 is 2.72 bits per heavy atom. The van der Waals surface area contributed by atoms with Crippen molar-refractivity contribution in [3.8, 4) is 11.3 Å². The molecule has 2 aromatic rings. The Morgan fingerprint density at radius 1 is 1.36 bits per heavy atom. The van der Waals surface area contributed by atoms with Crippen LogP contribution >= 0.6 is 0 Å². The number of benzene rings is 1. The second-order valence-corrected chi connectivity index (χ2v) is 6.86. The van der Waals surface area contributed by atoms with Crippen LogP contribution < -0.4 is 5.73 Å². The predicted molar refractivity (Wildman–Crippen MR) is 90.6 cm³/mol. The van der Waals surface area contributed by atoms with Gasteiger partial charge < -0.3 is 15.1 Å². The lowest BCUT2D eigenvalue weighted by molar-refractivity contribution is -0.131. The first-order chi connectivity index (χ1) is 11.7. The number of nitrogens with zero attached hydrogens (tertiary/aromatic N) is 2. The van der Waals surface area contributed by atoms with Crippen LogP contribution in [0.4, 0.5) is 8.78 Å². The molecule has 0 saturated carbocycles. The summed E-state index contributed by atoms with van der Waals surface area (Å²) in [5.41, 5.74) is 5.66. The molecule has 0 spiro atoms. The summed E-state index contributed by atoms with van der Waals surface area (Å²) in [6, 6.07) is 3.23. The van der Waals surface area contributed by atoms with Crippen LogP contribution in [-0.4, -0.2) is 35.9 Å². The second-order valence-electron chi connectivity index (χ2n) is 6.86. The summed E-state index contributed by atoms with van der Waals surface area (Å²) < 4.78 is 32.2. The topological polar surface area (TPSA) is 72.4 Å². The summed E-state index contributed by atoms with van der Waals surface area (Å²) in [5, 5.41) is 0. The number of hydrogen-bond acceptors (Lipinski definition) is 4. The van der Waals surface area contributed by atoms with E-state index in [0.717, 1.165) is 12.1 Å². The molecule has 5 nitrogen and oxygen atoms in total. The van der Waals surface area contributed by atoms with Gasteiger partial charge in [0, 0.05) is 32.5 Å². The first-order valence-corrected chi connectivity index (χ1v) is 8.06. The highest BCUT2D eigenvalue weighted by Crippen LogP contribution is 2.24. The molecule has 1 aromatic carbocycles. The number of oxazole rings is 1. The number of aryl methyl sites for hydroxylation is 1. The van der Waals surface area contributed by atoms with E-state index in [-0.39, 0.29) is 29.1 Å². The Balaban J connectivity index is 1.96. The standard InChI is InChI=1S/C18H23F2N3O2/c1-18(2,10-21)11-23(3)17(24)7-6-16-22-9-15(25-16)13-5-4-12(19)8-14(13)20/h4-5,8-9H,6-7,10-11,21H2,1-3H3. The Labute approximate surface area is 145 Å². The van der Waals surface area contributed by atoms with Gasteiger partial charge in [-0.3, -0.25) is 4.79 Å². The van der Waals surface area contributed by atoms with Crippen molar-refractivity contribution in [3.05, 3.63) is 41.9 Å². The van der Waals surface area contributed by atoms with Gasteiger partial charge in [0.1, 0.15) is 11.6 Å². The van der Waals surface area contributed by atoms with E-state index in [4.69, 9.17) is 10.2 Å². The summed E-state index contributed by atoms with van der Waals surface area (Å²) in [6.45, 7) is 5.03. The highest BCUT2D eigenvalue weighted by molar-refractivity contribution is 5.76. The molecule has 0 saturated heterocycles. The average Bonchev–Trinajstić information content (AvgIpc) is 3.00. The molecule has 2 N–H and O–H groups in total. The Bertz CT molecular complexity index is 744. The van der Waals surface area contributed by atoms with E-state index in [1.165, 1.54) is 12.3 Å². The molecule has 7 heteroatoms. The molecule has 0 aliphatic carbocycles. The summed E-state index contributed by atoms with van der Waals surface area (Å²) in [6.07, 6.45) is 1.90. The number of amides is 1. The van der Waals surface area contributed by atoms with Crippen LogP contribution in [0.15, 0.2) is 28.8 Å². The van der Waals surface area contributed by atoms with E-state index in [1.54, 1.807) is 11.9 Å². The molecule has 1 aromatic heterocycles. The van der Waals surface area contributed by atoms with Crippen LogP contribution in [-0.2, 0) is 11.2 Å². The molecule has 25 heavy (non-hydrogen) atoms. The Hall–Kier alpha value is -2.28. The summed E-state index contributed by atoms with van der Waals surface area (Å²) in [7, 11) is 1.73. The molecular formula is C18H23F2N3O2. The molecule has 136 valence electrons. The van der Waals surface area contributed by atoms with Crippen molar-refractivity contribution in [2.75, 3.05) is 20.1 Å². The largest absolute Gasteiger partial charge is 0.441 e. The molecule has 0 aliphatic heterocycles. The Kier molecular flexibility index (Phi) is 5.89. The van der Waals surface area contributed by atoms with E-state index >= 15 is 0 Å². The van der Waals surface area contributed by atoms with Crippen LogP contribution in [0.1, 0.15) is 26.2 Å². The zero-order valence-corrected chi connectivity index (χ0v) is 14.7. The molecule has 1 amide bonds. The summed E-state index contributed by atoms with van der Waals surface area (Å²) >= 11 is 0. The van der Waals surface area contributed by atoms with Gasteiger partial charge in [-0.2, -0.15) is 0 Å². The number of hydrogen-bond donors (Lipinski definition) is 1. The highest BCUT2D eigenvalue weighted by atomic mass is 19.1. The minimum atomic E-state index is -0.720. The van der Waals surface area contributed by atoms with E-state index in [9.17, 15) is 13.6 Å². The van der Waals surface area contributed by atoms with Crippen molar-refractivity contribution < 1.29 is 18.0 Å². The zero-order chi connectivity index (χ0) is 18.6. The lowest BCUT2D eigenvalue weighted by Gasteiger charge is -2.29. The monoisotopic (exact) mass is 351 g/mol. The molecule has 0 radical (unpaired) electrons. The van der Waals surface area contributed by atoms with Crippen LogP contribution in [0.3, 0.4) is 0 Å². The van der Waals surface area contributed by atoms with Crippen molar-refractivity contribution in [1.29, 1.82) is 0 Å². The lowest BCUT2D eigenvalue weighted by atomic mass is 9.93. The smallest absolute Gasteiger partial charge is 0.222 e. The van der Waals surface area contributed by atoms with Crippen molar-refractivity contribution in [2.24, 2.45) is 11.1 Å². The van der Waals surface area contributed by atoms with Crippen molar-refractivity contribution in [2.45, 2.75) is 26.7 Å². The first-order valence-electron chi connectivity index (χ1n) is 8.06. The fourth-order valence-corrected chi connectivity index (χ4v) is 2.44. The first kappa shape index (κ1) is 19.1. The zero-order valence-electron chi connectivity index (χ0n) is 14.7. The molecule has 0 unspecified atom stereocenters. The highest BCUT2D eigenvalue weighted by Gasteiger charge is 2.21. The maximum Gasteiger partial charge on any atom is 0.222 e. The summed E-state index contributed by atoms with van der Waals surface area (Å²) in [4.78, 5) is 17.9.